The smallest absolute Gasteiger partial charge is 0.331 e. The first kappa shape index (κ1) is 21.9. The highest BCUT2D eigenvalue weighted by atomic mass is 35.5. The Morgan fingerprint density at radius 2 is 2.00 bits per heavy atom. The minimum absolute atomic E-state index is 0.122. The second-order valence-electron chi connectivity index (χ2n) is 6.04. The van der Waals surface area contributed by atoms with Gasteiger partial charge in [0.25, 0.3) is 0 Å². The summed E-state index contributed by atoms with van der Waals surface area (Å²) < 4.78 is 0. The quantitative estimate of drug-likeness (QED) is 0.689. The molecular weight excluding hydrogens is 372 g/mol. The van der Waals surface area contributed by atoms with Gasteiger partial charge in [-0.3, -0.25) is 4.79 Å². The molecule has 26 heavy (non-hydrogen) atoms. The molecule has 1 aromatic rings. The molecule has 3 amide bonds. The molecule has 0 aliphatic rings. The van der Waals surface area contributed by atoms with Gasteiger partial charge in [-0.1, -0.05) is 30.7 Å². The lowest BCUT2D eigenvalue weighted by Crippen LogP contribution is -2.51. The van der Waals surface area contributed by atoms with E-state index in [4.69, 9.17) is 29.1 Å². The fourth-order valence-corrected chi connectivity index (χ4v) is 2.91. The number of amides is 3. The van der Waals surface area contributed by atoms with Crippen LogP contribution in [0.1, 0.15) is 31.4 Å². The van der Waals surface area contributed by atoms with E-state index < -0.39 is 11.9 Å². The van der Waals surface area contributed by atoms with Crippen molar-refractivity contribution in [3.63, 3.8) is 0 Å². The molecule has 1 rings (SSSR count). The van der Waals surface area contributed by atoms with Gasteiger partial charge in [0.2, 0.25) is 5.91 Å². The first-order valence-electron chi connectivity index (χ1n) is 8.11. The van der Waals surface area contributed by atoms with E-state index >= 15 is 0 Å². The lowest BCUT2D eigenvalue weighted by atomic mass is 10.1. The highest BCUT2D eigenvalue weighted by Crippen LogP contribution is 2.30. The number of nitrogens with zero attached hydrogens (tertiary/aromatic N) is 4. The zero-order chi connectivity index (χ0) is 20.0. The summed E-state index contributed by atoms with van der Waals surface area (Å²) in [4.78, 5) is 29.7. The van der Waals surface area contributed by atoms with E-state index in [1.807, 2.05) is 24.9 Å². The van der Waals surface area contributed by atoms with Crippen LogP contribution in [0.5, 0.6) is 0 Å². The van der Waals surface area contributed by atoms with Crippen LogP contribution < -0.4 is 4.90 Å². The number of imide groups is 1. The normalized spacial score (nSPS) is 11.3. The Labute approximate surface area is 164 Å². The van der Waals surface area contributed by atoms with E-state index in [1.165, 1.54) is 23.4 Å². The van der Waals surface area contributed by atoms with E-state index in [0.29, 0.717) is 29.8 Å². The molecule has 0 aliphatic heterocycles. The molecule has 0 spiro atoms. The third-order valence-corrected chi connectivity index (χ3v) is 5.07. The first-order chi connectivity index (χ1) is 12.2. The Kier molecular flexibility index (Phi) is 8.00. The summed E-state index contributed by atoms with van der Waals surface area (Å²) in [6.45, 7) is 5.52. The van der Waals surface area contributed by atoms with Gasteiger partial charge < -0.3 is 9.80 Å². The summed E-state index contributed by atoms with van der Waals surface area (Å²) in [6, 6.07) is 4.49. The Morgan fingerprint density at radius 3 is 2.46 bits per heavy atom. The van der Waals surface area contributed by atoms with Crippen molar-refractivity contribution in [2.75, 3.05) is 25.5 Å². The number of hydrogen-bond acceptors (Lipinski definition) is 4. The van der Waals surface area contributed by atoms with E-state index in [0.717, 1.165) is 4.90 Å². The number of urea groups is 1. The molecule has 8 heteroatoms. The summed E-state index contributed by atoms with van der Waals surface area (Å²) in [6.07, 6.45) is 0.703. The van der Waals surface area contributed by atoms with Crippen LogP contribution in [0.25, 0.3) is 0 Å². The third kappa shape index (κ3) is 4.71. The molecule has 1 aromatic carbocycles. The average molecular weight is 395 g/mol. The minimum Gasteiger partial charge on any atom is -0.370 e. The Hall–Kier alpha value is -2.17. The van der Waals surface area contributed by atoms with E-state index in [1.54, 1.807) is 20.0 Å². The number of anilines is 1. The minimum atomic E-state index is -0.453. The largest absolute Gasteiger partial charge is 0.370 e. The molecule has 0 aliphatic carbocycles. The molecule has 0 N–H and O–H groups in total. The van der Waals surface area contributed by atoms with Crippen molar-refractivity contribution in [2.24, 2.45) is 0 Å². The lowest BCUT2D eigenvalue weighted by Gasteiger charge is -2.34. The standard InChI is InChI=1S/C18H23ClN4O2S/c1-6-15(10-21(4)11-26)22(5)18(25)23(13(3)24)16-8-7-14(9-20)17(19)12(16)2/h7-8,11,15H,6,10H2,1-5H3. The number of hydrogen-bond donors (Lipinski definition) is 0. The van der Waals surface area contributed by atoms with Gasteiger partial charge in [0.05, 0.1) is 27.8 Å². The summed E-state index contributed by atoms with van der Waals surface area (Å²) in [7, 11) is 3.49. The molecule has 0 saturated carbocycles. The fourth-order valence-electron chi connectivity index (χ4n) is 2.63. The lowest BCUT2D eigenvalue weighted by molar-refractivity contribution is -0.116. The third-order valence-electron chi connectivity index (χ3n) is 4.22. The molecule has 140 valence electrons. The monoisotopic (exact) mass is 394 g/mol. The maximum absolute atomic E-state index is 13.0. The van der Waals surface area contributed by atoms with Crippen LogP contribution in [0.3, 0.4) is 0 Å². The van der Waals surface area contributed by atoms with Crippen molar-refractivity contribution in [1.82, 2.24) is 9.80 Å². The van der Waals surface area contributed by atoms with Gasteiger partial charge in [0, 0.05) is 27.6 Å². The highest BCUT2D eigenvalue weighted by molar-refractivity contribution is 7.78. The van der Waals surface area contributed by atoms with E-state index in [-0.39, 0.29) is 11.1 Å². The van der Waals surface area contributed by atoms with Gasteiger partial charge >= 0.3 is 6.03 Å². The summed E-state index contributed by atoms with van der Waals surface area (Å²) >= 11 is 11.1. The van der Waals surface area contributed by atoms with Crippen LogP contribution in [-0.4, -0.2) is 53.9 Å². The maximum Gasteiger partial charge on any atom is 0.331 e. The molecule has 0 heterocycles. The molecule has 0 aromatic heterocycles. The molecule has 1 atom stereocenters. The van der Waals surface area contributed by atoms with Gasteiger partial charge in [-0.05, 0) is 31.0 Å². The maximum atomic E-state index is 13.0. The Morgan fingerprint density at radius 1 is 1.38 bits per heavy atom. The van der Waals surface area contributed by atoms with Crippen molar-refractivity contribution >= 4 is 46.9 Å². The number of benzene rings is 1. The van der Waals surface area contributed by atoms with Gasteiger partial charge in [-0.25, -0.2) is 9.69 Å². The number of halogens is 1. The Bertz CT molecular complexity index is 747. The average Bonchev–Trinajstić information content (AvgIpc) is 2.62. The van der Waals surface area contributed by atoms with Crippen LogP contribution in [-0.2, 0) is 4.79 Å². The van der Waals surface area contributed by atoms with Crippen LogP contribution in [0.2, 0.25) is 5.02 Å². The zero-order valence-corrected chi connectivity index (χ0v) is 17.2. The van der Waals surface area contributed by atoms with Crippen LogP contribution in [0, 0.1) is 18.3 Å². The van der Waals surface area contributed by atoms with Crippen LogP contribution >= 0.6 is 23.8 Å². The number of rotatable bonds is 6. The topological polar surface area (TPSA) is 67.7 Å². The molecule has 0 bridgehead atoms. The van der Waals surface area contributed by atoms with Crippen molar-refractivity contribution < 1.29 is 9.59 Å². The van der Waals surface area contributed by atoms with Crippen molar-refractivity contribution in [2.45, 2.75) is 33.2 Å². The molecule has 1 unspecified atom stereocenters. The second kappa shape index (κ2) is 9.51. The number of thiocarbonyl (C=S) groups is 1. The first-order valence-corrected chi connectivity index (χ1v) is 8.96. The van der Waals surface area contributed by atoms with Crippen molar-refractivity contribution in [3.05, 3.63) is 28.3 Å². The molecule has 0 fully saturated rings. The van der Waals surface area contributed by atoms with Gasteiger partial charge in [-0.15, -0.1) is 0 Å². The molecule has 0 saturated heterocycles. The summed E-state index contributed by atoms with van der Waals surface area (Å²) in [5.74, 6) is -0.427. The SMILES string of the molecule is CCC(CN(C)C=S)N(C)C(=O)N(C(C)=O)c1ccc(C#N)c(Cl)c1C. The van der Waals surface area contributed by atoms with Gasteiger partial charge in [0.15, 0.2) is 0 Å². The molecule has 0 radical (unpaired) electrons. The number of likely N-dealkylation sites (N-methyl/N-ethyl adjacent to an activating group) is 2. The highest BCUT2D eigenvalue weighted by Gasteiger charge is 2.29. The summed E-state index contributed by atoms with van der Waals surface area (Å²) in [5.41, 5.74) is 2.70. The fraction of sp³-hybridized carbons (Fsp3) is 0.444. The van der Waals surface area contributed by atoms with E-state index in [9.17, 15) is 9.59 Å². The van der Waals surface area contributed by atoms with Gasteiger partial charge in [-0.2, -0.15) is 5.26 Å². The summed E-state index contributed by atoms with van der Waals surface area (Å²) in [5, 5.41) is 9.32. The number of nitriles is 1. The van der Waals surface area contributed by atoms with E-state index in [2.05, 4.69) is 0 Å². The predicted octanol–water partition coefficient (Wildman–Crippen LogP) is 3.59. The molecule has 6 nitrogen and oxygen atoms in total. The number of carbonyl (C=O) groups is 2. The Balaban J connectivity index is 3.27. The van der Waals surface area contributed by atoms with Crippen molar-refractivity contribution in [3.8, 4) is 6.07 Å². The van der Waals surface area contributed by atoms with Gasteiger partial charge in [0.1, 0.15) is 6.07 Å². The zero-order valence-electron chi connectivity index (χ0n) is 15.6. The van der Waals surface area contributed by atoms with Crippen LogP contribution in [0.4, 0.5) is 10.5 Å². The molecular formula is C18H23ClN4O2S. The van der Waals surface area contributed by atoms with Crippen molar-refractivity contribution in [1.29, 1.82) is 5.26 Å². The van der Waals surface area contributed by atoms with Crippen LogP contribution in [0.15, 0.2) is 12.1 Å². The predicted molar refractivity (Wildman–Crippen MR) is 108 cm³/mol. The number of carbonyl (C=O) groups excluding carboxylic acids is 2. The second-order valence-corrected chi connectivity index (χ2v) is 6.63.